The van der Waals surface area contributed by atoms with Gasteiger partial charge in [0.05, 0.1) is 12.2 Å². The number of benzene rings is 1. The summed E-state index contributed by atoms with van der Waals surface area (Å²) in [5, 5.41) is 19.4. The average molecular weight is 320 g/mol. The normalized spacial score (nSPS) is 23.9. The van der Waals surface area contributed by atoms with Gasteiger partial charge in [0.2, 0.25) is 0 Å². The van der Waals surface area contributed by atoms with Gasteiger partial charge in [0.15, 0.2) is 0 Å². The predicted octanol–water partition coefficient (Wildman–Crippen LogP) is 3.54. The van der Waals surface area contributed by atoms with Gasteiger partial charge in [-0.1, -0.05) is 26.8 Å². The number of nitriles is 1. The van der Waals surface area contributed by atoms with Gasteiger partial charge in [-0.25, -0.2) is 4.79 Å². The third-order valence-electron chi connectivity index (χ3n) is 3.37. The first kappa shape index (κ1) is 16.5. The minimum absolute atomic E-state index is 0.0911. The van der Waals surface area contributed by atoms with Crippen molar-refractivity contribution in [3.05, 3.63) is 29.3 Å². The molecule has 1 aliphatic rings. The van der Waals surface area contributed by atoms with Crippen LogP contribution in [0.4, 0.5) is 4.79 Å². The molecule has 0 spiro atoms. The first-order valence-electron chi connectivity index (χ1n) is 7.16. The highest BCUT2D eigenvalue weighted by Gasteiger charge is 2.28. The van der Waals surface area contributed by atoms with E-state index in [0.717, 1.165) is 5.56 Å². The summed E-state index contributed by atoms with van der Waals surface area (Å²) in [4.78, 5) is 11.1. The second-order valence-electron chi connectivity index (χ2n) is 5.77. The van der Waals surface area contributed by atoms with Gasteiger partial charge in [-0.05, 0) is 39.7 Å². The molecule has 0 radical (unpaired) electrons. The predicted molar refractivity (Wildman–Crippen MR) is 88.2 cm³/mol. The van der Waals surface area contributed by atoms with Gasteiger partial charge in [0.25, 0.3) is 0 Å². The van der Waals surface area contributed by atoms with Crippen molar-refractivity contribution in [2.24, 2.45) is 11.8 Å². The maximum absolute atomic E-state index is 11.1. The van der Waals surface area contributed by atoms with Crippen LogP contribution in [0.2, 0.25) is 0 Å². The number of nitrogens with zero attached hydrogens (tertiary/aromatic N) is 1. The quantitative estimate of drug-likeness (QED) is 0.829. The summed E-state index contributed by atoms with van der Waals surface area (Å²) in [7, 11) is -0.936. The fourth-order valence-electron chi connectivity index (χ4n) is 2.27. The summed E-state index contributed by atoms with van der Waals surface area (Å²) < 4.78 is 8.75. The molecular formula is C16H20N2O3S. The first-order chi connectivity index (χ1) is 10.4. The number of hydrogen-bond donors (Lipinski definition) is 2. The lowest BCUT2D eigenvalue weighted by Gasteiger charge is -2.18. The summed E-state index contributed by atoms with van der Waals surface area (Å²) in [6.45, 7) is 6.63. The third kappa shape index (κ3) is 3.67. The molecular weight excluding hydrogens is 300 g/mol. The monoisotopic (exact) mass is 320 g/mol. The average Bonchev–Trinajstić information content (AvgIpc) is 2.87. The molecule has 1 aromatic rings. The Morgan fingerprint density at radius 3 is 2.82 bits per heavy atom. The maximum atomic E-state index is 11.1. The Labute approximate surface area is 133 Å². The molecule has 0 saturated carbocycles. The second kappa shape index (κ2) is 6.95. The highest BCUT2D eigenvalue weighted by Crippen LogP contribution is 2.34. The van der Waals surface area contributed by atoms with E-state index in [9.17, 15) is 10.1 Å². The molecule has 0 amide bonds. The fourth-order valence-corrected chi connectivity index (χ4v) is 3.77. The largest absolute Gasteiger partial charge is 0.492 e. The van der Waals surface area contributed by atoms with E-state index in [2.05, 4.69) is 10.8 Å². The molecule has 5 nitrogen and oxygen atoms in total. The van der Waals surface area contributed by atoms with E-state index in [1.54, 1.807) is 12.1 Å². The first-order valence-corrected chi connectivity index (χ1v) is 8.45. The molecule has 22 heavy (non-hydrogen) atoms. The topological polar surface area (TPSA) is 82.3 Å². The van der Waals surface area contributed by atoms with Crippen LogP contribution in [0.15, 0.2) is 18.2 Å². The van der Waals surface area contributed by atoms with Gasteiger partial charge >= 0.3 is 5.30 Å². The number of carbonyl (C=O) groups is 1. The fraction of sp³-hybridized carbons (Fsp3) is 0.438. The molecule has 2 rings (SSSR count). The molecule has 0 fully saturated rings. The highest BCUT2D eigenvalue weighted by molar-refractivity contribution is 8.26. The Hall–Kier alpha value is -1.84. The van der Waals surface area contributed by atoms with Crippen LogP contribution in [-0.2, 0) is 0 Å². The molecule has 1 heterocycles. The number of nitrogens with one attached hydrogen (secondary N) is 1. The molecule has 118 valence electrons. The van der Waals surface area contributed by atoms with Crippen molar-refractivity contribution in [1.82, 2.24) is 4.72 Å². The van der Waals surface area contributed by atoms with E-state index in [4.69, 9.17) is 9.84 Å². The Bertz CT molecular complexity index is 649. The number of hydrogen-bond acceptors (Lipinski definition) is 4. The smallest absolute Gasteiger partial charge is 0.372 e. The molecule has 0 saturated heterocycles. The number of rotatable bonds is 4. The number of carboxylic acid groups (broad SMARTS) is 1. The zero-order valence-electron chi connectivity index (χ0n) is 12.9. The van der Waals surface area contributed by atoms with Crippen molar-refractivity contribution in [2.45, 2.75) is 26.8 Å². The van der Waals surface area contributed by atoms with Crippen LogP contribution in [-0.4, -0.2) is 22.4 Å². The van der Waals surface area contributed by atoms with Crippen molar-refractivity contribution < 1.29 is 14.6 Å². The van der Waals surface area contributed by atoms with Crippen molar-refractivity contribution in [3.63, 3.8) is 0 Å². The molecule has 2 N–H and O–H groups in total. The lowest BCUT2D eigenvalue weighted by atomic mass is 9.95. The summed E-state index contributed by atoms with van der Waals surface area (Å²) in [5.41, 5.74) is 1.39. The van der Waals surface area contributed by atoms with Crippen LogP contribution in [0.1, 0.15) is 37.9 Å². The van der Waals surface area contributed by atoms with Crippen molar-refractivity contribution in [3.8, 4) is 11.8 Å². The molecule has 3 unspecified atom stereocenters. The van der Waals surface area contributed by atoms with Crippen molar-refractivity contribution in [1.29, 1.82) is 5.26 Å². The summed E-state index contributed by atoms with van der Waals surface area (Å²) in [6, 6.07) is 7.54. The lowest BCUT2D eigenvalue weighted by molar-refractivity contribution is 0.222. The van der Waals surface area contributed by atoms with E-state index in [1.165, 1.54) is 0 Å². The maximum Gasteiger partial charge on any atom is 0.372 e. The van der Waals surface area contributed by atoms with Gasteiger partial charge < -0.3 is 9.84 Å². The Balaban J connectivity index is 2.21. The van der Waals surface area contributed by atoms with Gasteiger partial charge in [0, 0.05) is 12.0 Å². The van der Waals surface area contributed by atoms with Gasteiger partial charge in [-0.3, -0.25) is 4.72 Å². The zero-order chi connectivity index (χ0) is 16.3. The summed E-state index contributed by atoms with van der Waals surface area (Å²) in [6.07, 6.45) is 0. The van der Waals surface area contributed by atoms with E-state index in [-0.39, 0.29) is 12.0 Å². The van der Waals surface area contributed by atoms with E-state index in [1.807, 2.05) is 32.2 Å². The minimum Gasteiger partial charge on any atom is -0.492 e. The zero-order valence-corrected chi connectivity index (χ0v) is 13.7. The SMILES string of the molecule is CC(C)COc1ccc(C2NS(C(=O)O)=CC2C)cc1C#N. The Morgan fingerprint density at radius 1 is 1.55 bits per heavy atom. The minimum atomic E-state index is -0.936. The Morgan fingerprint density at radius 2 is 2.27 bits per heavy atom. The van der Waals surface area contributed by atoms with Gasteiger partial charge in [0.1, 0.15) is 11.8 Å². The van der Waals surface area contributed by atoms with Crippen LogP contribution < -0.4 is 9.46 Å². The summed E-state index contributed by atoms with van der Waals surface area (Å²) >= 11 is 0. The molecule has 6 heteroatoms. The second-order valence-corrected chi connectivity index (χ2v) is 7.30. The molecule has 1 aliphatic heterocycles. The molecule has 0 aliphatic carbocycles. The van der Waals surface area contributed by atoms with Gasteiger partial charge in [-0.2, -0.15) is 5.26 Å². The van der Waals surface area contributed by atoms with Crippen LogP contribution >= 0.6 is 10.7 Å². The summed E-state index contributed by atoms with van der Waals surface area (Å²) in [5.74, 6) is 1.05. The van der Waals surface area contributed by atoms with E-state index >= 15 is 0 Å². The molecule has 1 aromatic carbocycles. The third-order valence-corrected chi connectivity index (χ3v) is 4.96. The number of ether oxygens (including phenoxy) is 1. The lowest BCUT2D eigenvalue weighted by Crippen LogP contribution is -2.17. The van der Waals surface area contributed by atoms with E-state index < -0.39 is 16.0 Å². The molecule has 0 aromatic heterocycles. The van der Waals surface area contributed by atoms with Crippen LogP contribution in [0.25, 0.3) is 0 Å². The Kier molecular flexibility index (Phi) is 5.22. The van der Waals surface area contributed by atoms with Crippen LogP contribution in [0.5, 0.6) is 5.75 Å². The standard InChI is InChI=1S/C16H20N2O3S/c1-10(2)8-21-14-5-4-12(6-13(14)7-17)15-11(3)9-22(18-15)16(19)20/h4-6,9-11,15,18H,8H2,1-3H3,(H,19,20). The highest BCUT2D eigenvalue weighted by atomic mass is 32.2. The van der Waals surface area contributed by atoms with E-state index in [0.29, 0.717) is 23.8 Å². The van der Waals surface area contributed by atoms with Crippen LogP contribution in [0, 0.1) is 23.2 Å². The van der Waals surface area contributed by atoms with Crippen molar-refractivity contribution in [2.75, 3.05) is 6.61 Å². The molecule has 3 atom stereocenters. The van der Waals surface area contributed by atoms with Crippen LogP contribution in [0.3, 0.4) is 0 Å². The van der Waals surface area contributed by atoms with Gasteiger partial charge in [-0.15, -0.1) is 0 Å². The molecule has 0 bridgehead atoms. The van der Waals surface area contributed by atoms with Crippen molar-refractivity contribution >= 4 is 21.3 Å².